The molecule has 0 bridgehead atoms. The van der Waals surface area contributed by atoms with Crippen LogP contribution >= 0.6 is 11.3 Å². The Morgan fingerprint density at radius 1 is 1.28 bits per heavy atom. The van der Waals surface area contributed by atoms with Crippen LogP contribution in [0.5, 0.6) is 5.75 Å². The van der Waals surface area contributed by atoms with Crippen LogP contribution in [0.15, 0.2) is 29.6 Å². The Labute approximate surface area is 150 Å². The molecule has 0 aliphatic rings. The van der Waals surface area contributed by atoms with Gasteiger partial charge in [0.15, 0.2) is 0 Å². The number of carbonyl (C=O) groups is 2. The number of rotatable bonds is 7. The van der Waals surface area contributed by atoms with E-state index in [1.807, 2.05) is 38.1 Å². The molecule has 2 aromatic rings. The van der Waals surface area contributed by atoms with Gasteiger partial charge in [-0.1, -0.05) is 0 Å². The lowest BCUT2D eigenvalue weighted by Crippen LogP contribution is -2.39. The maximum Gasteiger partial charge on any atom is 0.310 e. The van der Waals surface area contributed by atoms with Crippen LogP contribution in [0, 0.1) is 5.41 Å². The standard InChI is InChI=1S/C18H22N2O4S/c1-11(2)24-13-7-5-12(6-8-13)16-20-14(9-25-16)15(21)19-10-18(3,4)17(22)23/h5-9,11H,10H2,1-4H3,(H,19,21)(H,22,23). The average Bonchev–Trinajstić information content (AvgIpc) is 3.02. The first-order chi connectivity index (χ1) is 11.7. The summed E-state index contributed by atoms with van der Waals surface area (Å²) >= 11 is 1.36. The second kappa shape index (κ2) is 7.65. The van der Waals surface area contributed by atoms with Crippen molar-refractivity contribution in [3.63, 3.8) is 0 Å². The molecule has 0 aliphatic carbocycles. The van der Waals surface area contributed by atoms with Crippen molar-refractivity contribution in [3.05, 3.63) is 35.3 Å². The van der Waals surface area contributed by atoms with Gasteiger partial charge in [-0.15, -0.1) is 11.3 Å². The molecule has 6 nitrogen and oxygen atoms in total. The fourth-order valence-corrected chi connectivity index (χ4v) is 2.73. The number of nitrogens with zero attached hydrogens (tertiary/aromatic N) is 1. The third-order valence-corrected chi connectivity index (χ3v) is 4.37. The van der Waals surface area contributed by atoms with Crippen molar-refractivity contribution < 1.29 is 19.4 Å². The summed E-state index contributed by atoms with van der Waals surface area (Å²) in [6.45, 7) is 7.08. The van der Waals surface area contributed by atoms with Crippen LogP contribution in [0.25, 0.3) is 10.6 Å². The van der Waals surface area contributed by atoms with Gasteiger partial charge in [-0.3, -0.25) is 9.59 Å². The molecule has 0 spiro atoms. The molecule has 1 heterocycles. The molecule has 1 amide bonds. The van der Waals surface area contributed by atoms with Crippen LogP contribution in [-0.2, 0) is 4.79 Å². The zero-order valence-electron chi connectivity index (χ0n) is 14.7. The molecular weight excluding hydrogens is 340 g/mol. The van der Waals surface area contributed by atoms with Crippen molar-refractivity contribution >= 4 is 23.2 Å². The number of benzene rings is 1. The minimum Gasteiger partial charge on any atom is -0.491 e. The van der Waals surface area contributed by atoms with Gasteiger partial charge in [0.25, 0.3) is 5.91 Å². The second-order valence-corrected chi connectivity index (χ2v) is 7.46. The van der Waals surface area contributed by atoms with E-state index in [-0.39, 0.29) is 24.2 Å². The van der Waals surface area contributed by atoms with Crippen LogP contribution < -0.4 is 10.1 Å². The molecule has 2 rings (SSSR count). The SMILES string of the molecule is CC(C)Oc1ccc(-c2nc(C(=O)NCC(C)(C)C(=O)O)cs2)cc1. The summed E-state index contributed by atoms with van der Waals surface area (Å²) in [5.41, 5.74) is 0.149. The largest absolute Gasteiger partial charge is 0.491 e. The molecule has 0 saturated heterocycles. The Balaban J connectivity index is 2.04. The maximum absolute atomic E-state index is 12.2. The molecule has 0 aliphatic heterocycles. The van der Waals surface area contributed by atoms with Gasteiger partial charge < -0.3 is 15.2 Å². The molecule has 1 aromatic carbocycles. The van der Waals surface area contributed by atoms with Gasteiger partial charge in [0.05, 0.1) is 11.5 Å². The van der Waals surface area contributed by atoms with Gasteiger partial charge in [0, 0.05) is 17.5 Å². The summed E-state index contributed by atoms with van der Waals surface area (Å²) in [5.74, 6) is -0.559. The number of hydrogen-bond donors (Lipinski definition) is 2. The van der Waals surface area contributed by atoms with Crippen molar-refractivity contribution in [2.75, 3.05) is 6.54 Å². The third-order valence-electron chi connectivity index (χ3n) is 3.48. The maximum atomic E-state index is 12.2. The summed E-state index contributed by atoms with van der Waals surface area (Å²) in [6.07, 6.45) is 0.107. The number of carboxylic acids is 1. The number of ether oxygens (including phenoxy) is 1. The number of hydrogen-bond acceptors (Lipinski definition) is 5. The highest BCUT2D eigenvalue weighted by molar-refractivity contribution is 7.13. The van der Waals surface area contributed by atoms with Crippen LogP contribution in [-0.4, -0.2) is 34.6 Å². The number of thiazole rings is 1. The van der Waals surface area contributed by atoms with E-state index in [0.717, 1.165) is 16.3 Å². The molecule has 0 unspecified atom stereocenters. The summed E-state index contributed by atoms with van der Waals surface area (Å²) in [4.78, 5) is 27.6. The van der Waals surface area contributed by atoms with Crippen molar-refractivity contribution in [2.45, 2.75) is 33.8 Å². The first-order valence-electron chi connectivity index (χ1n) is 7.93. The lowest BCUT2D eigenvalue weighted by Gasteiger charge is -2.18. The van der Waals surface area contributed by atoms with Crippen LogP contribution in [0.2, 0.25) is 0 Å². The topological polar surface area (TPSA) is 88.5 Å². The summed E-state index contributed by atoms with van der Waals surface area (Å²) in [6, 6.07) is 7.52. The van der Waals surface area contributed by atoms with E-state index in [4.69, 9.17) is 9.84 Å². The van der Waals surface area contributed by atoms with E-state index in [9.17, 15) is 9.59 Å². The van der Waals surface area contributed by atoms with Crippen molar-refractivity contribution in [3.8, 4) is 16.3 Å². The first kappa shape index (κ1) is 18.9. The van der Waals surface area contributed by atoms with Gasteiger partial charge >= 0.3 is 5.97 Å². The van der Waals surface area contributed by atoms with E-state index in [1.165, 1.54) is 11.3 Å². The monoisotopic (exact) mass is 362 g/mol. The molecule has 2 N–H and O–H groups in total. The Morgan fingerprint density at radius 2 is 1.92 bits per heavy atom. The average molecular weight is 362 g/mol. The third kappa shape index (κ3) is 5.03. The quantitative estimate of drug-likeness (QED) is 0.788. The molecule has 0 saturated carbocycles. The second-order valence-electron chi connectivity index (χ2n) is 6.60. The number of nitrogens with one attached hydrogen (secondary N) is 1. The Hall–Kier alpha value is -2.41. The fraction of sp³-hybridized carbons (Fsp3) is 0.389. The van der Waals surface area contributed by atoms with E-state index < -0.39 is 11.4 Å². The number of carboxylic acid groups (broad SMARTS) is 1. The molecule has 1 aromatic heterocycles. The summed E-state index contributed by atoms with van der Waals surface area (Å²) < 4.78 is 5.60. The number of aliphatic carboxylic acids is 1. The van der Waals surface area contributed by atoms with E-state index >= 15 is 0 Å². The lowest BCUT2D eigenvalue weighted by atomic mass is 9.94. The minimum absolute atomic E-state index is 0.0370. The van der Waals surface area contributed by atoms with Crippen LogP contribution in [0.3, 0.4) is 0 Å². The molecule has 0 atom stereocenters. The van der Waals surface area contributed by atoms with Gasteiger partial charge in [-0.2, -0.15) is 0 Å². The summed E-state index contributed by atoms with van der Waals surface area (Å²) in [7, 11) is 0. The van der Waals surface area contributed by atoms with Gasteiger partial charge in [-0.25, -0.2) is 4.98 Å². The lowest BCUT2D eigenvalue weighted by molar-refractivity contribution is -0.146. The fourth-order valence-electron chi connectivity index (χ4n) is 1.93. The van der Waals surface area contributed by atoms with E-state index in [2.05, 4.69) is 10.3 Å². The molecule has 134 valence electrons. The Kier molecular flexibility index (Phi) is 5.79. The Morgan fingerprint density at radius 3 is 2.48 bits per heavy atom. The van der Waals surface area contributed by atoms with Gasteiger partial charge in [-0.05, 0) is 52.0 Å². The smallest absolute Gasteiger partial charge is 0.310 e. The number of aromatic nitrogens is 1. The van der Waals surface area contributed by atoms with Gasteiger partial charge in [0.2, 0.25) is 0 Å². The van der Waals surface area contributed by atoms with Crippen molar-refractivity contribution in [1.29, 1.82) is 0 Å². The normalized spacial score (nSPS) is 11.4. The predicted octanol–water partition coefficient (Wildman–Crippen LogP) is 3.44. The highest BCUT2D eigenvalue weighted by Crippen LogP contribution is 2.26. The zero-order chi connectivity index (χ0) is 18.6. The molecule has 0 radical (unpaired) electrons. The highest BCUT2D eigenvalue weighted by Gasteiger charge is 2.28. The van der Waals surface area contributed by atoms with E-state index in [1.54, 1.807) is 19.2 Å². The number of amides is 1. The summed E-state index contributed by atoms with van der Waals surface area (Å²) in [5, 5.41) is 14.1. The number of carbonyl (C=O) groups excluding carboxylic acids is 1. The highest BCUT2D eigenvalue weighted by atomic mass is 32.1. The molecular formula is C18H22N2O4S. The van der Waals surface area contributed by atoms with E-state index in [0.29, 0.717) is 0 Å². The minimum atomic E-state index is -1.03. The Bertz CT molecular complexity index is 751. The first-order valence-corrected chi connectivity index (χ1v) is 8.81. The van der Waals surface area contributed by atoms with Crippen molar-refractivity contribution in [2.24, 2.45) is 5.41 Å². The molecule has 7 heteroatoms. The van der Waals surface area contributed by atoms with Crippen LogP contribution in [0.1, 0.15) is 38.2 Å². The van der Waals surface area contributed by atoms with Crippen molar-refractivity contribution in [1.82, 2.24) is 10.3 Å². The molecule has 25 heavy (non-hydrogen) atoms. The zero-order valence-corrected chi connectivity index (χ0v) is 15.5. The molecule has 0 fully saturated rings. The van der Waals surface area contributed by atoms with Crippen LogP contribution in [0.4, 0.5) is 0 Å². The predicted molar refractivity (Wildman–Crippen MR) is 97.1 cm³/mol. The van der Waals surface area contributed by atoms with Gasteiger partial charge in [0.1, 0.15) is 16.5 Å².